The number of aliphatic hydroxyl groups is 1. The number of hydrazone groups is 1. The number of hydrogen-bond acceptors (Lipinski definition) is 4. The lowest BCUT2D eigenvalue weighted by Crippen LogP contribution is -2.20. The average Bonchev–Trinajstić information content (AvgIpc) is 2.54. The first-order valence-electron chi connectivity index (χ1n) is 6.75. The fourth-order valence-electron chi connectivity index (χ4n) is 1.90. The van der Waals surface area contributed by atoms with Crippen LogP contribution in [0, 0.1) is 0 Å². The first-order valence-corrected chi connectivity index (χ1v) is 6.75. The molecule has 0 spiro atoms. The molecule has 0 heterocycles. The highest BCUT2D eigenvalue weighted by molar-refractivity contribution is 5.94. The number of halogens is 3. The van der Waals surface area contributed by atoms with E-state index >= 15 is 0 Å². The molecule has 2 rings (SSSR count). The molecular formula is C16H13F3N2O3. The summed E-state index contributed by atoms with van der Waals surface area (Å²) in [5, 5.41) is 22.0. The number of para-hydroxylation sites is 1. The molecule has 8 heteroatoms. The smallest absolute Gasteiger partial charge is 0.418 e. The molecule has 5 nitrogen and oxygen atoms in total. The van der Waals surface area contributed by atoms with E-state index in [4.69, 9.17) is 10.2 Å². The maximum Gasteiger partial charge on any atom is 0.418 e. The molecule has 0 aliphatic rings. The van der Waals surface area contributed by atoms with Gasteiger partial charge >= 0.3 is 12.1 Å². The fourth-order valence-corrected chi connectivity index (χ4v) is 1.90. The Kier molecular flexibility index (Phi) is 5.20. The Labute approximate surface area is 135 Å². The number of aliphatic hydroxyl groups excluding tert-OH is 1. The van der Waals surface area contributed by atoms with Crippen LogP contribution in [0.2, 0.25) is 0 Å². The fraction of sp³-hybridized carbons (Fsp3) is 0.125. The second-order valence-electron chi connectivity index (χ2n) is 4.83. The number of nitrogens with zero attached hydrogens (tertiary/aromatic N) is 1. The Morgan fingerprint density at radius 2 is 1.75 bits per heavy atom. The van der Waals surface area contributed by atoms with Crippen molar-refractivity contribution in [2.75, 3.05) is 5.43 Å². The molecule has 0 aliphatic heterocycles. The summed E-state index contributed by atoms with van der Waals surface area (Å²) in [5.41, 5.74) is 3.09. The highest BCUT2D eigenvalue weighted by atomic mass is 19.4. The second kappa shape index (κ2) is 7.14. The third-order valence-corrected chi connectivity index (χ3v) is 3.12. The third kappa shape index (κ3) is 4.32. The normalized spacial score (nSPS) is 13.0. The molecule has 0 saturated heterocycles. The summed E-state index contributed by atoms with van der Waals surface area (Å²) < 4.78 is 37.2. The second-order valence-corrected chi connectivity index (χ2v) is 4.83. The molecule has 0 aromatic heterocycles. The predicted molar refractivity (Wildman–Crippen MR) is 82.1 cm³/mol. The molecule has 0 saturated carbocycles. The quantitative estimate of drug-likeness (QED) is 0.576. The number of nitrogens with one attached hydrogen (secondary N) is 1. The summed E-state index contributed by atoms with van der Waals surface area (Å²) in [6.07, 6.45) is -5.94. The van der Waals surface area contributed by atoms with Gasteiger partial charge in [-0.2, -0.15) is 18.3 Å². The van der Waals surface area contributed by atoms with Gasteiger partial charge in [0.15, 0.2) is 6.10 Å². The summed E-state index contributed by atoms with van der Waals surface area (Å²) in [7, 11) is 0. The zero-order chi connectivity index (χ0) is 17.7. The number of carboxylic acid groups (broad SMARTS) is 1. The van der Waals surface area contributed by atoms with Gasteiger partial charge in [0.1, 0.15) is 0 Å². The van der Waals surface area contributed by atoms with Gasteiger partial charge in [0, 0.05) is 0 Å². The van der Waals surface area contributed by atoms with Crippen molar-refractivity contribution in [1.82, 2.24) is 0 Å². The summed E-state index contributed by atoms with van der Waals surface area (Å²) in [4.78, 5) is 11.0. The Morgan fingerprint density at radius 3 is 2.33 bits per heavy atom. The van der Waals surface area contributed by atoms with E-state index in [0.717, 1.165) is 12.1 Å². The molecule has 126 valence electrons. The van der Waals surface area contributed by atoms with Crippen molar-refractivity contribution in [3.63, 3.8) is 0 Å². The lowest BCUT2D eigenvalue weighted by atomic mass is 10.1. The largest absolute Gasteiger partial charge is 0.478 e. The molecule has 0 aliphatic carbocycles. The van der Waals surface area contributed by atoms with Gasteiger partial charge in [0.05, 0.1) is 17.5 Å². The van der Waals surface area contributed by atoms with Crippen LogP contribution in [0.4, 0.5) is 18.9 Å². The maximum atomic E-state index is 12.4. The van der Waals surface area contributed by atoms with E-state index in [0.29, 0.717) is 5.56 Å². The minimum Gasteiger partial charge on any atom is -0.478 e. The van der Waals surface area contributed by atoms with Crippen molar-refractivity contribution in [2.45, 2.75) is 12.3 Å². The highest BCUT2D eigenvalue weighted by Crippen LogP contribution is 2.32. The number of anilines is 1. The molecular weight excluding hydrogens is 325 g/mol. The van der Waals surface area contributed by atoms with Crippen molar-refractivity contribution in [3.8, 4) is 0 Å². The Bertz CT molecular complexity index is 743. The van der Waals surface area contributed by atoms with Gasteiger partial charge < -0.3 is 10.2 Å². The van der Waals surface area contributed by atoms with Gasteiger partial charge in [-0.15, -0.1) is 0 Å². The van der Waals surface area contributed by atoms with Crippen LogP contribution < -0.4 is 5.43 Å². The number of carboxylic acids is 1. The maximum absolute atomic E-state index is 12.4. The van der Waals surface area contributed by atoms with Gasteiger partial charge in [0.2, 0.25) is 0 Å². The molecule has 24 heavy (non-hydrogen) atoms. The molecule has 3 N–H and O–H groups in total. The lowest BCUT2D eigenvalue weighted by molar-refractivity contribution is -0.206. The van der Waals surface area contributed by atoms with Gasteiger partial charge in [-0.3, -0.25) is 5.43 Å². The number of benzene rings is 2. The first kappa shape index (κ1) is 17.5. The van der Waals surface area contributed by atoms with Crippen molar-refractivity contribution in [1.29, 1.82) is 0 Å². The third-order valence-electron chi connectivity index (χ3n) is 3.12. The van der Waals surface area contributed by atoms with E-state index < -0.39 is 18.2 Å². The SMILES string of the molecule is O=C(O)c1ccccc1N/N=C/c1ccc(C(O)C(F)(F)F)cc1. The molecule has 1 atom stereocenters. The van der Waals surface area contributed by atoms with Crippen molar-refractivity contribution in [3.05, 3.63) is 65.2 Å². The van der Waals surface area contributed by atoms with Crippen LogP contribution in [0.1, 0.15) is 27.6 Å². The average molecular weight is 338 g/mol. The molecule has 0 radical (unpaired) electrons. The van der Waals surface area contributed by atoms with Crippen LogP contribution in [-0.4, -0.2) is 28.6 Å². The minimum absolute atomic E-state index is 0.0401. The lowest BCUT2D eigenvalue weighted by Gasteiger charge is -2.14. The molecule has 0 bridgehead atoms. The zero-order valence-corrected chi connectivity index (χ0v) is 12.2. The van der Waals surface area contributed by atoms with E-state index in [1.54, 1.807) is 12.1 Å². The van der Waals surface area contributed by atoms with Crippen LogP contribution in [0.25, 0.3) is 0 Å². The molecule has 2 aromatic carbocycles. The van der Waals surface area contributed by atoms with E-state index in [1.165, 1.54) is 30.5 Å². The van der Waals surface area contributed by atoms with Gasteiger partial charge in [0.25, 0.3) is 0 Å². The van der Waals surface area contributed by atoms with Crippen LogP contribution >= 0.6 is 0 Å². The number of alkyl halides is 3. The topological polar surface area (TPSA) is 81.9 Å². The number of rotatable bonds is 5. The van der Waals surface area contributed by atoms with Crippen LogP contribution in [0.15, 0.2) is 53.6 Å². The van der Waals surface area contributed by atoms with Crippen LogP contribution in [0.3, 0.4) is 0 Å². The Morgan fingerprint density at radius 1 is 1.12 bits per heavy atom. The molecule has 0 fully saturated rings. The highest BCUT2D eigenvalue weighted by Gasteiger charge is 2.39. The minimum atomic E-state index is -4.72. The van der Waals surface area contributed by atoms with E-state index in [1.807, 2.05) is 0 Å². The number of aromatic carboxylic acids is 1. The number of carbonyl (C=O) groups is 1. The van der Waals surface area contributed by atoms with E-state index in [2.05, 4.69) is 10.5 Å². The first-order chi connectivity index (χ1) is 11.3. The summed E-state index contributed by atoms with van der Waals surface area (Å²) >= 11 is 0. The van der Waals surface area contributed by atoms with Gasteiger partial charge in [-0.25, -0.2) is 4.79 Å². The molecule has 0 amide bonds. The number of hydrogen-bond donors (Lipinski definition) is 3. The standard InChI is InChI=1S/C16H13F3N2O3/c17-16(18,19)14(22)11-7-5-10(6-8-11)9-20-21-13-4-2-1-3-12(13)15(23)24/h1-9,14,21-22H,(H,23,24)/b20-9+. The van der Waals surface area contributed by atoms with E-state index in [-0.39, 0.29) is 16.8 Å². The van der Waals surface area contributed by atoms with Gasteiger partial charge in [-0.1, -0.05) is 36.4 Å². The monoisotopic (exact) mass is 338 g/mol. The summed E-state index contributed by atoms with van der Waals surface area (Å²) in [6, 6.07) is 11.2. The van der Waals surface area contributed by atoms with Crippen molar-refractivity contribution in [2.24, 2.45) is 5.10 Å². The van der Waals surface area contributed by atoms with Crippen LogP contribution in [0.5, 0.6) is 0 Å². The van der Waals surface area contributed by atoms with Crippen molar-refractivity contribution < 1.29 is 28.2 Å². The molecule has 2 aromatic rings. The van der Waals surface area contributed by atoms with Gasteiger partial charge in [-0.05, 0) is 23.3 Å². The van der Waals surface area contributed by atoms with Crippen molar-refractivity contribution >= 4 is 17.9 Å². The zero-order valence-electron chi connectivity index (χ0n) is 12.2. The summed E-state index contributed by atoms with van der Waals surface area (Å²) in [6.45, 7) is 0. The van der Waals surface area contributed by atoms with E-state index in [9.17, 15) is 18.0 Å². The Hall–Kier alpha value is -2.87. The van der Waals surface area contributed by atoms with Crippen LogP contribution in [-0.2, 0) is 0 Å². The molecule has 1 unspecified atom stereocenters. The Balaban J connectivity index is 2.07. The predicted octanol–water partition coefficient (Wildman–Crippen LogP) is 3.43. The summed E-state index contributed by atoms with van der Waals surface area (Å²) in [5.74, 6) is -1.11.